The molecule has 0 spiro atoms. The van der Waals surface area contributed by atoms with Gasteiger partial charge < -0.3 is 0 Å². The fraction of sp³-hybridized carbons (Fsp3) is 0.385. The van der Waals surface area contributed by atoms with E-state index in [9.17, 15) is 4.79 Å². The number of pyridine rings is 1. The van der Waals surface area contributed by atoms with E-state index in [1.807, 2.05) is 32.0 Å². The van der Waals surface area contributed by atoms with Crippen molar-refractivity contribution in [1.29, 1.82) is 0 Å². The average Bonchev–Trinajstić information content (AvgIpc) is 2.30. The molecule has 0 amide bonds. The van der Waals surface area contributed by atoms with Crippen molar-refractivity contribution < 1.29 is 4.79 Å². The molecule has 15 heavy (non-hydrogen) atoms. The van der Waals surface area contributed by atoms with Gasteiger partial charge in [0.25, 0.3) is 0 Å². The van der Waals surface area contributed by atoms with Gasteiger partial charge in [0.2, 0.25) is 5.78 Å². The van der Waals surface area contributed by atoms with E-state index in [1.54, 1.807) is 12.4 Å². The lowest BCUT2D eigenvalue weighted by atomic mass is 10.2. The smallest absolute Gasteiger partial charge is 0.205 e. The Hall–Kier alpha value is -1.62. The second kappa shape index (κ2) is 10.5. The highest BCUT2D eigenvalue weighted by atomic mass is 16.1. The lowest BCUT2D eigenvalue weighted by Crippen LogP contribution is -1.89. The van der Waals surface area contributed by atoms with E-state index in [2.05, 4.69) is 16.8 Å². The minimum absolute atomic E-state index is 0.0688. The van der Waals surface area contributed by atoms with E-state index in [4.69, 9.17) is 0 Å². The summed E-state index contributed by atoms with van der Waals surface area (Å²) < 4.78 is 0. The van der Waals surface area contributed by atoms with Gasteiger partial charge in [-0.15, -0.1) is 0 Å². The standard InChI is InChI=1S/C8H12O.C5H5N/c1-3-5-7-8(9)6-4-2;1-2-4-6-5-3-1/h3-4,6H2,1-2H3;1-5H. The van der Waals surface area contributed by atoms with Gasteiger partial charge in [0, 0.05) is 25.2 Å². The van der Waals surface area contributed by atoms with Crippen LogP contribution in [0.25, 0.3) is 0 Å². The molecule has 1 rings (SSSR count). The average molecular weight is 203 g/mol. The van der Waals surface area contributed by atoms with Crippen molar-refractivity contribution in [3.05, 3.63) is 30.6 Å². The zero-order valence-corrected chi connectivity index (χ0v) is 9.36. The van der Waals surface area contributed by atoms with Crippen LogP contribution >= 0.6 is 0 Å². The van der Waals surface area contributed by atoms with Crippen molar-refractivity contribution >= 4 is 5.78 Å². The van der Waals surface area contributed by atoms with Crippen LogP contribution in [0.3, 0.4) is 0 Å². The molecule has 1 aromatic heterocycles. The van der Waals surface area contributed by atoms with Crippen LogP contribution in [0.5, 0.6) is 0 Å². The highest BCUT2D eigenvalue weighted by molar-refractivity contribution is 5.95. The number of rotatable bonds is 2. The number of hydrogen-bond acceptors (Lipinski definition) is 2. The molecule has 0 saturated carbocycles. The Bertz CT molecular complexity index is 282. The number of carbonyl (C=O) groups is 1. The highest BCUT2D eigenvalue weighted by Gasteiger charge is 1.90. The lowest BCUT2D eigenvalue weighted by Gasteiger charge is -1.82. The van der Waals surface area contributed by atoms with Gasteiger partial charge in [-0.1, -0.05) is 25.8 Å². The third kappa shape index (κ3) is 10.3. The molecule has 1 aromatic rings. The topological polar surface area (TPSA) is 30.0 Å². The minimum Gasteiger partial charge on any atom is -0.285 e. The number of aromatic nitrogens is 1. The Morgan fingerprint density at radius 2 is 1.87 bits per heavy atom. The maximum Gasteiger partial charge on any atom is 0.205 e. The van der Waals surface area contributed by atoms with Gasteiger partial charge in [0.1, 0.15) is 0 Å². The molecular weight excluding hydrogens is 186 g/mol. The number of Topliss-reactive ketones (excluding diaryl/α,β-unsaturated/α-hetero) is 1. The quantitative estimate of drug-likeness (QED) is 0.546. The maximum atomic E-state index is 10.6. The van der Waals surface area contributed by atoms with Gasteiger partial charge >= 0.3 is 0 Å². The Morgan fingerprint density at radius 3 is 2.20 bits per heavy atom. The van der Waals surface area contributed by atoms with Crippen LogP contribution in [0, 0.1) is 11.8 Å². The summed E-state index contributed by atoms with van der Waals surface area (Å²) in [6, 6.07) is 5.72. The molecule has 2 nitrogen and oxygen atoms in total. The monoisotopic (exact) mass is 203 g/mol. The molecule has 0 aliphatic carbocycles. The molecule has 0 aliphatic rings. The molecule has 0 radical (unpaired) electrons. The number of nitrogens with zero attached hydrogens (tertiary/aromatic N) is 1. The predicted octanol–water partition coefficient (Wildman–Crippen LogP) is 2.85. The largest absolute Gasteiger partial charge is 0.285 e. The summed E-state index contributed by atoms with van der Waals surface area (Å²) in [5, 5.41) is 0. The summed E-state index contributed by atoms with van der Waals surface area (Å²) in [7, 11) is 0. The van der Waals surface area contributed by atoms with Crippen LogP contribution in [0.1, 0.15) is 33.1 Å². The van der Waals surface area contributed by atoms with Crippen molar-refractivity contribution in [2.24, 2.45) is 0 Å². The number of ketones is 1. The first-order valence-electron chi connectivity index (χ1n) is 5.18. The van der Waals surface area contributed by atoms with Crippen LogP contribution in [0.15, 0.2) is 30.6 Å². The Morgan fingerprint density at radius 1 is 1.20 bits per heavy atom. The molecule has 0 bridgehead atoms. The van der Waals surface area contributed by atoms with E-state index in [0.717, 1.165) is 12.8 Å². The molecule has 0 aliphatic heterocycles. The third-order valence-electron chi connectivity index (χ3n) is 1.45. The van der Waals surface area contributed by atoms with E-state index < -0.39 is 0 Å². The summed E-state index contributed by atoms with van der Waals surface area (Å²) in [6.07, 6.45) is 5.78. The fourth-order valence-corrected chi connectivity index (χ4v) is 0.789. The predicted molar refractivity (Wildman–Crippen MR) is 62.2 cm³/mol. The Balaban J connectivity index is 0.000000280. The molecule has 2 heteroatoms. The van der Waals surface area contributed by atoms with Crippen molar-refractivity contribution in [1.82, 2.24) is 4.98 Å². The Kier molecular flexibility index (Phi) is 9.33. The van der Waals surface area contributed by atoms with Crippen molar-refractivity contribution in [2.45, 2.75) is 33.1 Å². The van der Waals surface area contributed by atoms with Crippen LogP contribution in [0.2, 0.25) is 0 Å². The van der Waals surface area contributed by atoms with Crippen molar-refractivity contribution in [3.63, 3.8) is 0 Å². The van der Waals surface area contributed by atoms with Gasteiger partial charge in [-0.2, -0.15) is 0 Å². The van der Waals surface area contributed by atoms with Crippen LogP contribution in [-0.2, 0) is 4.79 Å². The van der Waals surface area contributed by atoms with Gasteiger partial charge in [0.15, 0.2) is 0 Å². The number of hydrogen-bond donors (Lipinski definition) is 0. The zero-order chi connectivity index (χ0) is 11.4. The lowest BCUT2D eigenvalue weighted by molar-refractivity contribution is -0.113. The summed E-state index contributed by atoms with van der Waals surface area (Å²) in [4.78, 5) is 14.4. The zero-order valence-electron chi connectivity index (χ0n) is 9.36. The van der Waals surface area contributed by atoms with Crippen molar-refractivity contribution in [3.8, 4) is 11.8 Å². The molecular formula is C13H17NO. The van der Waals surface area contributed by atoms with Gasteiger partial charge in [-0.05, 0) is 24.5 Å². The molecule has 1 heterocycles. The molecule has 0 N–H and O–H groups in total. The van der Waals surface area contributed by atoms with Gasteiger partial charge in [-0.25, -0.2) is 0 Å². The molecule has 0 atom stereocenters. The van der Waals surface area contributed by atoms with Crippen LogP contribution in [-0.4, -0.2) is 10.8 Å². The van der Waals surface area contributed by atoms with E-state index in [-0.39, 0.29) is 5.78 Å². The normalized spacial score (nSPS) is 7.87. The molecule has 0 aromatic carbocycles. The van der Waals surface area contributed by atoms with Crippen LogP contribution in [0.4, 0.5) is 0 Å². The van der Waals surface area contributed by atoms with E-state index >= 15 is 0 Å². The summed E-state index contributed by atoms with van der Waals surface area (Å²) in [6.45, 7) is 3.91. The molecule has 0 fully saturated rings. The van der Waals surface area contributed by atoms with Gasteiger partial charge in [-0.3, -0.25) is 9.78 Å². The molecule has 0 unspecified atom stereocenters. The van der Waals surface area contributed by atoms with Crippen LogP contribution < -0.4 is 0 Å². The van der Waals surface area contributed by atoms with E-state index in [1.165, 1.54) is 0 Å². The summed E-state index contributed by atoms with van der Waals surface area (Å²) in [5.41, 5.74) is 0. The fourth-order valence-electron chi connectivity index (χ4n) is 0.789. The second-order valence-electron chi connectivity index (χ2n) is 2.85. The second-order valence-corrected chi connectivity index (χ2v) is 2.85. The van der Waals surface area contributed by atoms with E-state index in [0.29, 0.717) is 6.42 Å². The first kappa shape index (κ1) is 13.4. The minimum atomic E-state index is 0.0688. The first-order valence-corrected chi connectivity index (χ1v) is 5.18. The number of carbonyl (C=O) groups excluding carboxylic acids is 1. The highest BCUT2D eigenvalue weighted by Crippen LogP contribution is 1.86. The maximum absolute atomic E-state index is 10.6. The molecule has 0 saturated heterocycles. The van der Waals surface area contributed by atoms with Crippen molar-refractivity contribution in [2.75, 3.05) is 0 Å². The summed E-state index contributed by atoms with van der Waals surface area (Å²) >= 11 is 0. The summed E-state index contributed by atoms with van der Waals surface area (Å²) in [5.74, 6) is 5.35. The molecule has 80 valence electrons. The first-order chi connectivity index (χ1) is 7.31. The SMILES string of the molecule is CCC#CC(=O)CCC.c1ccncc1. The third-order valence-corrected chi connectivity index (χ3v) is 1.45. The Labute approximate surface area is 91.7 Å². The van der Waals surface area contributed by atoms with Gasteiger partial charge in [0.05, 0.1) is 0 Å².